The molecule has 2 N–H and O–H groups in total. The highest BCUT2D eigenvalue weighted by molar-refractivity contribution is 6.39. The van der Waals surface area contributed by atoms with E-state index in [1.807, 2.05) is 36.4 Å². The number of halogens is 3. The molecule has 3 aromatic carbocycles. The van der Waals surface area contributed by atoms with Gasteiger partial charge in [-0.05, 0) is 60.9 Å². The van der Waals surface area contributed by atoms with E-state index in [4.69, 9.17) is 28.2 Å². The number of nitrogens with zero attached hydrogens (tertiary/aromatic N) is 1. The second-order valence-electron chi connectivity index (χ2n) is 8.06. The van der Waals surface area contributed by atoms with Crippen molar-refractivity contribution in [1.82, 2.24) is 9.97 Å². The Morgan fingerprint density at radius 3 is 2.59 bits per heavy atom. The highest BCUT2D eigenvalue weighted by atomic mass is 35.5. The maximum atomic E-state index is 14.1. The van der Waals surface area contributed by atoms with Crippen molar-refractivity contribution >= 4 is 56.6 Å². The molecule has 4 nitrogen and oxygen atoms in total. The predicted octanol–water partition coefficient (Wildman–Crippen LogP) is 7.79. The lowest BCUT2D eigenvalue weighted by Crippen LogP contribution is -2.12. The van der Waals surface area contributed by atoms with Crippen molar-refractivity contribution in [3.63, 3.8) is 0 Å². The first kappa shape index (κ1) is 22.4. The maximum absolute atomic E-state index is 14.1. The number of amides is 1. The first-order valence-electron chi connectivity index (χ1n) is 10.9. The molecule has 7 heteroatoms. The van der Waals surface area contributed by atoms with Crippen LogP contribution in [0.4, 0.5) is 10.1 Å². The normalized spacial score (nSPS) is 11.3. The lowest BCUT2D eigenvalue weighted by atomic mass is 10.0. The van der Waals surface area contributed by atoms with Gasteiger partial charge in [0.2, 0.25) is 5.91 Å². The second kappa shape index (κ2) is 9.45. The first-order chi connectivity index (χ1) is 16.5. The van der Waals surface area contributed by atoms with Crippen LogP contribution in [0.1, 0.15) is 18.4 Å². The second-order valence-corrected chi connectivity index (χ2v) is 8.87. The van der Waals surface area contributed by atoms with Gasteiger partial charge in [0.1, 0.15) is 5.82 Å². The van der Waals surface area contributed by atoms with Crippen molar-refractivity contribution in [3.05, 3.63) is 94.2 Å². The smallest absolute Gasteiger partial charge is 0.224 e. The average Bonchev–Trinajstić information content (AvgIpc) is 3.19. The number of aromatic nitrogens is 2. The van der Waals surface area contributed by atoms with E-state index in [-0.39, 0.29) is 18.1 Å². The fourth-order valence-corrected chi connectivity index (χ4v) is 4.64. The first-order valence-corrected chi connectivity index (χ1v) is 11.7. The van der Waals surface area contributed by atoms with Gasteiger partial charge < -0.3 is 10.3 Å². The van der Waals surface area contributed by atoms with Gasteiger partial charge in [-0.25, -0.2) is 9.37 Å². The third kappa shape index (κ3) is 4.49. The molecule has 0 aliphatic carbocycles. The number of aromatic amines is 1. The summed E-state index contributed by atoms with van der Waals surface area (Å²) < 4.78 is 14.1. The number of carbonyl (C=O) groups excluding carboxylic acids is 1. The van der Waals surface area contributed by atoms with Crippen molar-refractivity contribution in [1.29, 1.82) is 0 Å². The molecule has 2 aromatic heterocycles. The van der Waals surface area contributed by atoms with Gasteiger partial charge in [0.05, 0.1) is 32.6 Å². The molecule has 5 aromatic rings. The van der Waals surface area contributed by atoms with Crippen molar-refractivity contribution in [2.24, 2.45) is 0 Å². The molecule has 2 heterocycles. The highest BCUT2D eigenvalue weighted by Gasteiger charge is 2.16. The fourth-order valence-electron chi connectivity index (χ4n) is 4.15. The van der Waals surface area contributed by atoms with Crippen molar-refractivity contribution in [3.8, 4) is 11.4 Å². The number of H-pyrrole nitrogens is 1. The number of nitrogens with one attached hydrogen (secondary N) is 2. The molecule has 0 saturated heterocycles. The van der Waals surface area contributed by atoms with E-state index in [1.165, 1.54) is 12.1 Å². The summed E-state index contributed by atoms with van der Waals surface area (Å²) in [5.74, 6) is -0.497. The van der Waals surface area contributed by atoms with Crippen molar-refractivity contribution in [2.75, 3.05) is 5.32 Å². The Morgan fingerprint density at radius 1 is 0.971 bits per heavy atom. The molecule has 5 rings (SSSR count). The summed E-state index contributed by atoms with van der Waals surface area (Å²) >= 11 is 12.3. The Bertz CT molecular complexity index is 1510. The monoisotopic (exact) mass is 491 g/mol. The number of aryl methyl sites for hydroxylation is 1. The van der Waals surface area contributed by atoms with E-state index in [9.17, 15) is 9.18 Å². The van der Waals surface area contributed by atoms with E-state index >= 15 is 0 Å². The van der Waals surface area contributed by atoms with Crippen LogP contribution < -0.4 is 5.32 Å². The summed E-state index contributed by atoms with van der Waals surface area (Å²) in [6.45, 7) is 0. The molecule has 0 saturated carbocycles. The molecule has 0 bridgehead atoms. The largest absolute Gasteiger partial charge is 0.353 e. The standard InChI is InChI=1S/C27H20Cl2FN3O/c28-20-7-4-8-21(29)27(20)33-25(34)10-3-6-18-19-15-17(30)12-14-23(19)32-26(18)24-13-11-16-5-1-2-9-22(16)31-24/h1-2,4-5,7-9,11-15,32H,3,6,10H2,(H,33,34). The molecule has 0 radical (unpaired) electrons. The summed E-state index contributed by atoms with van der Waals surface area (Å²) in [4.78, 5) is 20.8. The van der Waals surface area contributed by atoms with Crippen molar-refractivity contribution < 1.29 is 9.18 Å². The van der Waals surface area contributed by atoms with Crippen LogP contribution in [-0.2, 0) is 11.2 Å². The molecule has 0 aliphatic rings. The van der Waals surface area contributed by atoms with Gasteiger partial charge in [-0.3, -0.25) is 4.79 Å². The summed E-state index contributed by atoms with van der Waals surface area (Å²) in [5, 5.41) is 5.40. The molecule has 0 spiro atoms. The summed E-state index contributed by atoms with van der Waals surface area (Å²) in [7, 11) is 0. The molecular weight excluding hydrogens is 472 g/mol. The molecule has 0 fully saturated rings. The third-order valence-corrected chi connectivity index (χ3v) is 6.41. The lowest BCUT2D eigenvalue weighted by Gasteiger charge is -2.10. The zero-order chi connectivity index (χ0) is 23.7. The number of fused-ring (bicyclic) bond motifs is 2. The molecule has 0 unspecified atom stereocenters. The number of pyridine rings is 1. The number of hydrogen-bond acceptors (Lipinski definition) is 2. The van der Waals surface area contributed by atoms with Crippen LogP contribution in [0, 0.1) is 5.82 Å². The fraction of sp³-hybridized carbons (Fsp3) is 0.111. The van der Waals surface area contributed by atoms with Gasteiger partial charge in [-0.15, -0.1) is 0 Å². The van der Waals surface area contributed by atoms with Crippen LogP contribution in [-0.4, -0.2) is 15.9 Å². The number of benzene rings is 3. The Kier molecular flexibility index (Phi) is 6.22. The van der Waals surface area contributed by atoms with E-state index in [0.717, 1.165) is 38.8 Å². The van der Waals surface area contributed by atoms with Crippen LogP contribution in [0.2, 0.25) is 10.0 Å². The van der Waals surface area contributed by atoms with Crippen molar-refractivity contribution in [2.45, 2.75) is 19.3 Å². The summed E-state index contributed by atoms with van der Waals surface area (Å²) in [6.07, 6.45) is 1.38. The van der Waals surface area contributed by atoms with Crippen LogP contribution in [0.15, 0.2) is 72.8 Å². The van der Waals surface area contributed by atoms with Gasteiger partial charge in [-0.1, -0.05) is 53.5 Å². The van der Waals surface area contributed by atoms with Crippen LogP contribution >= 0.6 is 23.2 Å². The Labute approximate surface area is 205 Å². The zero-order valence-corrected chi connectivity index (χ0v) is 19.6. The average molecular weight is 492 g/mol. The maximum Gasteiger partial charge on any atom is 0.224 e. The van der Waals surface area contributed by atoms with E-state index in [0.29, 0.717) is 28.6 Å². The molecule has 34 heavy (non-hydrogen) atoms. The SMILES string of the molecule is O=C(CCCc1c(-c2ccc3ccccc3n2)[nH]c2ccc(F)cc12)Nc1c(Cl)cccc1Cl. The number of para-hydroxylation sites is 2. The van der Waals surface area contributed by atoms with Gasteiger partial charge >= 0.3 is 0 Å². The Hall–Kier alpha value is -3.41. The molecule has 1 amide bonds. The molecule has 0 atom stereocenters. The minimum atomic E-state index is -0.308. The van der Waals surface area contributed by atoms with Gasteiger partial charge in [-0.2, -0.15) is 0 Å². The van der Waals surface area contributed by atoms with Gasteiger partial charge in [0, 0.05) is 22.7 Å². The van der Waals surface area contributed by atoms with E-state index in [1.54, 1.807) is 24.3 Å². The van der Waals surface area contributed by atoms with E-state index < -0.39 is 0 Å². The van der Waals surface area contributed by atoms with Crippen LogP contribution in [0.3, 0.4) is 0 Å². The summed E-state index contributed by atoms with van der Waals surface area (Å²) in [5.41, 5.74) is 4.66. The zero-order valence-electron chi connectivity index (χ0n) is 18.0. The minimum Gasteiger partial charge on any atom is -0.353 e. The number of anilines is 1. The molecular formula is C27H20Cl2FN3O. The third-order valence-electron chi connectivity index (χ3n) is 5.78. The summed E-state index contributed by atoms with van der Waals surface area (Å²) in [6, 6.07) is 21.6. The number of hydrogen-bond donors (Lipinski definition) is 2. The van der Waals surface area contributed by atoms with Gasteiger partial charge in [0.25, 0.3) is 0 Å². The number of carbonyl (C=O) groups is 1. The van der Waals surface area contributed by atoms with Crippen LogP contribution in [0.25, 0.3) is 33.2 Å². The van der Waals surface area contributed by atoms with Gasteiger partial charge in [0.15, 0.2) is 0 Å². The Balaban J connectivity index is 1.41. The number of rotatable bonds is 6. The predicted molar refractivity (Wildman–Crippen MR) is 137 cm³/mol. The molecule has 0 aliphatic heterocycles. The minimum absolute atomic E-state index is 0.189. The van der Waals surface area contributed by atoms with Crippen LogP contribution in [0.5, 0.6) is 0 Å². The van der Waals surface area contributed by atoms with E-state index in [2.05, 4.69) is 10.3 Å². The highest BCUT2D eigenvalue weighted by Crippen LogP contribution is 2.33. The Morgan fingerprint density at radius 2 is 1.76 bits per heavy atom. The lowest BCUT2D eigenvalue weighted by molar-refractivity contribution is -0.116. The molecule has 170 valence electrons. The topological polar surface area (TPSA) is 57.8 Å². The quantitative estimate of drug-likeness (QED) is 0.254.